The molecule has 4 fully saturated rings. The van der Waals surface area contributed by atoms with Crippen LogP contribution in [0.1, 0.15) is 38.5 Å². The summed E-state index contributed by atoms with van der Waals surface area (Å²) in [6.45, 7) is -0.447. The minimum atomic E-state index is -0.860. The van der Waals surface area contributed by atoms with Gasteiger partial charge in [-0.05, 0) is 68.4 Å². The number of benzene rings is 1. The van der Waals surface area contributed by atoms with Gasteiger partial charge in [-0.1, -0.05) is 0 Å². The molecule has 0 aromatic heterocycles. The highest BCUT2D eigenvalue weighted by atomic mass is 19.1. The summed E-state index contributed by atoms with van der Waals surface area (Å²) in [7, 11) is 0. The third kappa shape index (κ3) is 3.14. The lowest BCUT2D eigenvalue weighted by atomic mass is 9.49. The predicted octanol–water partition coefficient (Wildman–Crippen LogP) is 3.66. The van der Waals surface area contributed by atoms with Gasteiger partial charge in [0.15, 0.2) is 6.61 Å². The molecular weight excluding hydrogens is 328 g/mol. The fourth-order valence-corrected chi connectivity index (χ4v) is 5.42. The van der Waals surface area contributed by atoms with Gasteiger partial charge in [0, 0.05) is 6.07 Å². The molecule has 4 aliphatic rings. The van der Waals surface area contributed by atoms with Crippen LogP contribution in [0.5, 0.6) is 0 Å². The third-order valence-corrected chi connectivity index (χ3v) is 6.01. The van der Waals surface area contributed by atoms with E-state index in [1.54, 1.807) is 0 Å². The molecule has 0 atom stereocenters. The Morgan fingerprint density at radius 3 is 2.24 bits per heavy atom. The van der Waals surface area contributed by atoms with E-state index in [0.29, 0.717) is 23.8 Å². The Morgan fingerprint density at radius 1 is 1.08 bits per heavy atom. The van der Waals surface area contributed by atoms with Crippen LogP contribution in [0.3, 0.4) is 0 Å². The van der Waals surface area contributed by atoms with Crippen LogP contribution in [0, 0.1) is 34.8 Å². The second-order valence-electron chi connectivity index (χ2n) is 7.95. The average molecular weight is 349 g/mol. The lowest BCUT2D eigenvalue weighted by molar-refractivity contribution is -0.172. The molecular formula is C19H21F2NO3. The molecule has 0 unspecified atom stereocenters. The number of nitrogens with one attached hydrogen (secondary N) is 1. The van der Waals surface area contributed by atoms with Crippen molar-refractivity contribution in [2.75, 3.05) is 11.9 Å². The van der Waals surface area contributed by atoms with Crippen LogP contribution in [0.25, 0.3) is 0 Å². The van der Waals surface area contributed by atoms with Crippen LogP contribution in [-0.2, 0) is 14.3 Å². The Hall–Kier alpha value is -1.98. The second-order valence-corrected chi connectivity index (χ2v) is 7.95. The van der Waals surface area contributed by atoms with E-state index in [4.69, 9.17) is 4.74 Å². The molecule has 0 heterocycles. The van der Waals surface area contributed by atoms with Crippen molar-refractivity contribution in [3.05, 3.63) is 29.8 Å². The van der Waals surface area contributed by atoms with E-state index in [-0.39, 0.29) is 11.7 Å². The quantitative estimate of drug-likeness (QED) is 0.844. The maximum Gasteiger partial charge on any atom is 0.312 e. The van der Waals surface area contributed by atoms with Crippen LogP contribution in [0.2, 0.25) is 0 Å². The maximum atomic E-state index is 13.6. The third-order valence-electron chi connectivity index (χ3n) is 6.01. The van der Waals surface area contributed by atoms with Gasteiger partial charge in [-0.25, -0.2) is 8.78 Å². The van der Waals surface area contributed by atoms with E-state index in [9.17, 15) is 18.4 Å². The van der Waals surface area contributed by atoms with E-state index in [0.717, 1.165) is 31.4 Å². The van der Waals surface area contributed by atoms with Crippen molar-refractivity contribution in [3.8, 4) is 0 Å². The normalized spacial score (nSPS) is 32.5. The first kappa shape index (κ1) is 16.5. The van der Waals surface area contributed by atoms with Gasteiger partial charge < -0.3 is 10.1 Å². The smallest absolute Gasteiger partial charge is 0.312 e. The monoisotopic (exact) mass is 349 g/mol. The van der Waals surface area contributed by atoms with Gasteiger partial charge in [0.1, 0.15) is 11.6 Å². The molecule has 4 nitrogen and oxygen atoms in total. The van der Waals surface area contributed by atoms with E-state index in [1.165, 1.54) is 19.3 Å². The van der Waals surface area contributed by atoms with Crippen molar-refractivity contribution < 1.29 is 23.1 Å². The highest BCUT2D eigenvalue weighted by Crippen LogP contribution is 2.60. The number of carbonyl (C=O) groups is 2. The van der Waals surface area contributed by atoms with Crippen LogP contribution in [-0.4, -0.2) is 18.5 Å². The lowest BCUT2D eigenvalue weighted by Gasteiger charge is -2.55. The number of esters is 1. The molecule has 4 aliphatic carbocycles. The fourth-order valence-electron chi connectivity index (χ4n) is 5.42. The van der Waals surface area contributed by atoms with Crippen LogP contribution in [0.4, 0.5) is 14.5 Å². The van der Waals surface area contributed by atoms with E-state index in [1.807, 2.05) is 0 Å². The molecule has 1 aromatic carbocycles. The average Bonchev–Trinajstić information content (AvgIpc) is 2.54. The Bertz CT molecular complexity index is 683. The van der Waals surface area contributed by atoms with E-state index >= 15 is 0 Å². The van der Waals surface area contributed by atoms with Crippen molar-refractivity contribution in [1.29, 1.82) is 0 Å². The molecule has 5 rings (SSSR count). The molecule has 1 N–H and O–H groups in total. The minimum absolute atomic E-state index is 0.128. The highest BCUT2D eigenvalue weighted by Gasteiger charge is 2.55. The van der Waals surface area contributed by atoms with Crippen molar-refractivity contribution >= 4 is 17.6 Å². The molecule has 25 heavy (non-hydrogen) atoms. The predicted molar refractivity (Wildman–Crippen MR) is 86.6 cm³/mol. The molecule has 0 spiro atoms. The summed E-state index contributed by atoms with van der Waals surface area (Å²) in [6.07, 6.45) is 6.26. The number of anilines is 1. The topological polar surface area (TPSA) is 55.4 Å². The largest absolute Gasteiger partial charge is 0.455 e. The SMILES string of the molecule is O=C(COC(=O)C12CC3CC(CC(C3)C1)C2)Nc1ccc(F)cc1F. The first-order valence-electron chi connectivity index (χ1n) is 8.86. The number of carbonyl (C=O) groups excluding carboxylic acids is 2. The van der Waals surface area contributed by atoms with Crippen LogP contribution in [0.15, 0.2) is 18.2 Å². The lowest BCUT2D eigenvalue weighted by Crippen LogP contribution is -2.50. The Balaban J connectivity index is 1.35. The molecule has 0 aliphatic heterocycles. The summed E-state index contributed by atoms with van der Waals surface area (Å²) in [4.78, 5) is 24.6. The molecule has 4 bridgehead atoms. The number of rotatable bonds is 4. The zero-order valence-corrected chi connectivity index (χ0v) is 13.9. The number of halogens is 2. The molecule has 134 valence electrons. The minimum Gasteiger partial charge on any atom is -0.455 e. The Labute approximate surface area is 144 Å². The molecule has 6 heteroatoms. The van der Waals surface area contributed by atoms with Gasteiger partial charge in [-0.3, -0.25) is 9.59 Å². The molecule has 1 amide bonds. The zero-order chi connectivity index (χ0) is 17.6. The zero-order valence-electron chi connectivity index (χ0n) is 13.9. The number of hydrogen-bond acceptors (Lipinski definition) is 3. The number of amides is 1. The summed E-state index contributed by atoms with van der Waals surface area (Å²) < 4.78 is 31.7. The standard InChI is InChI=1S/C19H21F2NO3/c20-14-1-2-16(15(21)6-14)22-17(23)10-25-18(24)19-7-11-3-12(8-19)5-13(4-11)9-19/h1-2,6,11-13H,3-5,7-10H2,(H,22,23). The summed E-state index contributed by atoms with van der Waals surface area (Å²) in [5.74, 6) is -0.655. The van der Waals surface area contributed by atoms with E-state index in [2.05, 4.69) is 5.32 Å². The van der Waals surface area contributed by atoms with Gasteiger partial charge in [-0.2, -0.15) is 0 Å². The van der Waals surface area contributed by atoms with Gasteiger partial charge in [0.2, 0.25) is 0 Å². The van der Waals surface area contributed by atoms with Crippen LogP contribution >= 0.6 is 0 Å². The first-order chi connectivity index (χ1) is 11.9. The summed E-state index contributed by atoms with van der Waals surface area (Å²) >= 11 is 0. The highest BCUT2D eigenvalue weighted by molar-refractivity contribution is 5.93. The second kappa shape index (κ2) is 6.07. The molecule has 0 saturated heterocycles. The van der Waals surface area contributed by atoms with Crippen molar-refractivity contribution in [1.82, 2.24) is 0 Å². The molecule has 1 aromatic rings. The molecule has 0 radical (unpaired) electrons. The maximum absolute atomic E-state index is 13.6. The first-order valence-corrected chi connectivity index (χ1v) is 8.86. The Kier molecular flexibility index (Phi) is 4.01. The van der Waals surface area contributed by atoms with E-state index < -0.39 is 29.6 Å². The van der Waals surface area contributed by atoms with Crippen LogP contribution < -0.4 is 5.32 Å². The summed E-state index contributed by atoms with van der Waals surface area (Å²) in [5.41, 5.74) is -0.548. The van der Waals surface area contributed by atoms with Gasteiger partial charge in [0.05, 0.1) is 11.1 Å². The van der Waals surface area contributed by atoms with Gasteiger partial charge >= 0.3 is 5.97 Å². The van der Waals surface area contributed by atoms with Gasteiger partial charge in [-0.15, -0.1) is 0 Å². The Morgan fingerprint density at radius 2 is 1.68 bits per heavy atom. The fraction of sp³-hybridized carbons (Fsp3) is 0.579. The summed E-state index contributed by atoms with van der Waals surface area (Å²) in [5, 5.41) is 2.31. The van der Waals surface area contributed by atoms with Crippen molar-refractivity contribution in [3.63, 3.8) is 0 Å². The molecule has 4 saturated carbocycles. The number of ether oxygens (including phenoxy) is 1. The van der Waals surface area contributed by atoms with Gasteiger partial charge in [0.25, 0.3) is 5.91 Å². The number of hydrogen-bond donors (Lipinski definition) is 1. The van der Waals surface area contributed by atoms with Crippen molar-refractivity contribution in [2.45, 2.75) is 38.5 Å². The summed E-state index contributed by atoms with van der Waals surface area (Å²) in [6, 6.07) is 2.89. The van der Waals surface area contributed by atoms with Crippen molar-refractivity contribution in [2.24, 2.45) is 23.2 Å².